The van der Waals surface area contributed by atoms with Gasteiger partial charge in [-0.05, 0) is 45.7 Å². The first-order valence-electron chi connectivity index (χ1n) is 9.21. The third kappa shape index (κ3) is 4.93. The van der Waals surface area contributed by atoms with E-state index in [1.807, 2.05) is 0 Å². The van der Waals surface area contributed by atoms with Crippen molar-refractivity contribution in [1.29, 1.82) is 0 Å². The molecule has 2 rings (SSSR count). The standard InChI is InChI=1S/C19H24F6N2O3/c1-16(2,3)30-15(28)27-10-4-5-14(27)11-29-17(18(20,21)22,19(23,24)25)12-6-8-13(26)9-7-12/h6-9,14H,4-5,10-11,26H2,1-3H3. The van der Waals surface area contributed by atoms with Gasteiger partial charge in [0.25, 0.3) is 5.60 Å². The first-order valence-corrected chi connectivity index (χ1v) is 9.21. The lowest BCUT2D eigenvalue weighted by Gasteiger charge is -2.39. The van der Waals surface area contributed by atoms with Crippen molar-refractivity contribution < 1.29 is 40.6 Å². The van der Waals surface area contributed by atoms with Gasteiger partial charge in [0.1, 0.15) is 5.60 Å². The third-order valence-corrected chi connectivity index (χ3v) is 4.61. The highest BCUT2D eigenvalue weighted by molar-refractivity contribution is 5.69. The molecule has 1 unspecified atom stereocenters. The molecule has 0 aliphatic carbocycles. The van der Waals surface area contributed by atoms with Gasteiger partial charge < -0.3 is 20.1 Å². The second-order valence-corrected chi connectivity index (χ2v) is 8.08. The van der Waals surface area contributed by atoms with Gasteiger partial charge in [-0.3, -0.25) is 0 Å². The number of hydrogen-bond donors (Lipinski definition) is 1. The predicted octanol–water partition coefficient (Wildman–Crippen LogP) is 5.00. The zero-order valence-electron chi connectivity index (χ0n) is 16.7. The minimum atomic E-state index is -5.81. The number of nitrogen functional groups attached to an aromatic ring is 1. The van der Waals surface area contributed by atoms with Crippen LogP contribution in [0.3, 0.4) is 0 Å². The molecule has 2 N–H and O–H groups in total. The first-order chi connectivity index (χ1) is 13.6. The molecule has 30 heavy (non-hydrogen) atoms. The Labute approximate surface area is 170 Å². The Morgan fingerprint density at radius 1 is 1.07 bits per heavy atom. The number of nitrogens with zero attached hydrogens (tertiary/aromatic N) is 1. The first kappa shape index (κ1) is 24.1. The molecule has 1 aliphatic heterocycles. The molecule has 1 heterocycles. The number of rotatable bonds is 4. The second kappa shape index (κ2) is 8.16. The molecule has 170 valence electrons. The average Bonchev–Trinajstić information content (AvgIpc) is 3.01. The van der Waals surface area contributed by atoms with Gasteiger partial charge in [-0.1, -0.05) is 12.1 Å². The van der Waals surface area contributed by atoms with Gasteiger partial charge in [0, 0.05) is 17.8 Å². The van der Waals surface area contributed by atoms with Crippen LogP contribution in [0.25, 0.3) is 0 Å². The van der Waals surface area contributed by atoms with Crippen LogP contribution in [0.2, 0.25) is 0 Å². The number of carbonyl (C=O) groups excluding carboxylic acids is 1. The van der Waals surface area contributed by atoms with Crippen molar-refractivity contribution in [2.75, 3.05) is 18.9 Å². The van der Waals surface area contributed by atoms with Gasteiger partial charge in [0.05, 0.1) is 12.6 Å². The monoisotopic (exact) mass is 442 g/mol. The molecule has 0 bridgehead atoms. The summed E-state index contributed by atoms with van der Waals surface area (Å²) < 4.78 is 92.8. The lowest BCUT2D eigenvalue weighted by Crippen LogP contribution is -2.57. The fourth-order valence-electron chi connectivity index (χ4n) is 3.24. The summed E-state index contributed by atoms with van der Waals surface area (Å²) in [6, 6.07) is 2.16. The van der Waals surface area contributed by atoms with Crippen molar-refractivity contribution in [2.45, 2.75) is 63.2 Å². The molecule has 1 amide bonds. The number of ether oxygens (including phenoxy) is 2. The Hall–Kier alpha value is -2.17. The zero-order chi connectivity index (χ0) is 23.0. The number of nitrogens with two attached hydrogens (primary N) is 1. The largest absolute Gasteiger partial charge is 0.444 e. The van der Waals surface area contributed by atoms with Gasteiger partial charge >= 0.3 is 18.4 Å². The van der Waals surface area contributed by atoms with E-state index < -0.39 is 47.9 Å². The van der Waals surface area contributed by atoms with Gasteiger partial charge in [-0.15, -0.1) is 0 Å². The topological polar surface area (TPSA) is 64.8 Å². The highest BCUT2D eigenvalue weighted by atomic mass is 19.4. The van der Waals surface area contributed by atoms with Crippen LogP contribution in [0.1, 0.15) is 39.2 Å². The molecule has 5 nitrogen and oxygen atoms in total. The number of carbonyl (C=O) groups is 1. The molecule has 0 saturated carbocycles. The van der Waals surface area contributed by atoms with Gasteiger partial charge in [-0.25, -0.2) is 4.79 Å². The molecule has 1 atom stereocenters. The highest BCUT2D eigenvalue weighted by Gasteiger charge is 2.73. The lowest BCUT2D eigenvalue weighted by atomic mass is 9.91. The van der Waals surface area contributed by atoms with E-state index in [0.29, 0.717) is 18.6 Å². The van der Waals surface area contributed by atoms with E-state index in [-0.39, 0.29) is 18.7 Å². The Kier molecular flexibility index (Phi) is 6.56. The van der Waals surface area contributed by atoms with Crippen LogP contribution in [-0.2, 0) is 15.1 Å². The molecule has 1 fully saturated rings. The Morgan fingerprint density at radius 2 is 1.60 bits per heavy atom. The van der Waals surface area contributed by atoms with E-state index in [2.05, 4.69) is 4.74 Å². The van der Waals surface area contributed by atoms with Crippen molar-refractivity contribution in [3.05, 3.63) is 29.8 Å². The minimum absolute atomic E-state index is 0.00360. The number of hydrogen-bond acceptors (Lipinski definition) is 4. The van der Waals surface area contributed by atoms with E-state index in [1.165, 1.54) is 0 Å². The van der Waals surface area contributed by atoms with Crippen LogP contribution in [-0.4, -0.2) is 48.1 Å². The van der Waals surface area contributed by atoms with E-state index in [1.54, 1.807) is 20.8 Å². The number of alkyl halides is 6. The smallest absolute Gasteiger partial charge is 0.430 e. The summed E-state index contributed by atoms with van der Waals surface area (Å²) in [7, 11) is 0. The Morgan fingerprint density at radius 3 is 2.07 bits per heavy atom. The summed E-state index contributed by atoms with van der Waals surface area (Å²) in [6.45, 7) is 3.99. The second-order valence-electron chi connectivity index (χ2n) is 8.08. The molecule has 0 aromatic heterocycles. The van der Waals surface area contributed by atoms with E-state index >= 15 is 0 Å². The number of amides is 1. The fraction of sp³-hybridized carbons (Fsp3) is 0.632. The van der Waals surface area contributed by atoms with Crippen LogP contribution in [0.15, 0.2) is 24.3 Å². The van der Waals surface area contributed by atoms with Crippen molar-refractivity contribution in [2.24, 2.45) is 0 Å². The van der Waals surface area contributed by atoms with E-state index in [4.69, 9.17) is 10.5 Å². The van der Waals surface area contributed by atoms with Crippen molar-refractivity contribution in [3.63, 3.8) is 0 Å². The Bertz CT molecular complexity index is 727. The van der Waals surface area contributed by atoms with Crippen molar-refractivity contribution in [3.8, 4) is 0 Å². The molecular formula is C19H24F6N2O3. The molecule has 1 aromatic carbocycles. The summed E-state index contributed by atoms with van der Waals surface area (Å²) in [5, 5.41) is 0. The zero-order valence-corrected chi connectivity index (χ0v) is 16.7. The van der Waals surface area contributed by atoms with Crippen LogP contribution >= 0.6 is 0 Å². The molecule has 0 spiro atoms. The number of halogens is 6. The van der Waals surface area contributed by atoms with Gasteiger partial charge in [-0.2, -0.15) is 26.3 Å². The molecule has 0 radical (unpaired) electrons. The maximum Gasteiger partial charge on any atom is 0.430 e. The minimum Gasteiger partial charge on any atom is -0.444 e. The molecule has 1 saturated heterocycles. The number of benzene rings is 1. The maximum atomic E-state index is 13.8. The van der Waals surface area contributed by atoms with E-state index in [9.17, 15) is 31.1 Å². The van der Waals surface area contributed by atoms with Crippen LogP contribution in [0.4, 0.5) is 36.8 Å². The van der Waals surface area contributed by atoms with Crippen LogP contribution in [0.5, 0.6) is 0 Å². The van der Waals surface area contributed by atoms with Crippen molar-refractivity contribution in [1.82, 2.24) is 4.90 Å². The van der Waals surface area contributed by atoms with Crippen molar-refractivity contribution >= 4 is 11.8 Å². The molecule has 1 aliphatic rings. The quantitative estimate of drug-likeness (QED) is 0.526. The summed E-state index contributed by atoms with van der Waals surface area (Å²) in [4.78, 5) is 13.4. The molecular weight excluding hydrogens is 418 g/mol. The SMILES string of the molecule is CC(C)(C)OC(=O)N1CCCC1COC(c1ccc(N)cc1)(C(F)(F)F)C(F)(F)F. The Balaban J connectivity index is 2.35. The van der Waals surface area contributed by atoms with Crippen LogP contribution in [0, 0.1) is 0 Å². The summed E-state index contributed by atoms with van der Waals surface area (Å²) in [5.41, 5.74) is -1.16. The van der Waals surface area contributed by atoms with Crippen LogP contribution < -0.4 is 5.73 Å². The maximum absolute atomic E-state index is 13.8. The van der Waals surface area contributed by atoms with E-state index in [0.717, 1.165) is 17.0 Å². The average molecular weight is 442 g/mol. The molecule has 11 heteroatoms. The summed E-state index contributed by atoms with van der Waals surface area (Å²) in [6.07, 6.45) is -11.8. The van der Waals surface area contributed by atoms with Gasteiger partial charge in [0.2, 0.25) is 0 Å². The third-order valence-electron chi connectivity index (χ3n) is 4.61. The predicted molar refractivity (Wildman–Crippen MR) is 96.6 cm³/mol. The number of anilines is 1. The highest BCUT2D eigenvalue weighted by Crippen LogP contribution is 2.53. The lowest BCUT2D eigenvalue weighted by molar-refractivity contribution is -0.390. The fourth-order valence-corrected chi connectivity index (χ4v) is 3.24. The summed E-state index contributed by atoms with van der Waals surface area (Å²) in [5.74, 6) is 0. The summed E-state index contributed by atoms with van der Waals surface area (Å²) >= 11 is 0. The normalized spacial score (nSPS) is 18.6. The number of likely N-dealkylation sites (tertiary alicyclic amines) is 1. The molecule has 1 aromatic rings. The van der Waals surface area contributed by atoms with Gasteiger partial charge in [0.15, 0.2) is 0 Å².